The molecule has 2 rings (SSSR count). The number of alkyl halides is 1. The van der Waals surface area contributed by atoms with Crippen LogP contribution in [0.25, 0.3) is 0 Å². The average Bonchev–Trinajstić information content (AvgIpc) is 2.60. The summed E-state index contributed by atoms with van der Waals surface area (Å²) in [7, 11) is 0. The van der Waals surface area contributed by atoms with Crippen molar-refractivity contribution in [2.24, 2.45) is 0 Å². The van der Waals surface area contributed by atoms with Crippen LogP contribution in [0, 0.1) is 6.92 Å². The normalized spacial score (nSPS) is 10.4. The number of ether oxygens (including phenoxy) is 1. The number of hydrogen-bond donors (Lipinski definition) is 1. The maximum atomic E-state index is 12.0. The molecule has 0 fully saturated rings. The van der Waals surface area contributed by atoms with Gasteiger partial charge in [0.05, 0.1) is 13.0 Å². The number of benzene rings is 2. The van der Waals surface area contributed by atoms with Crippen LogP contribution in [-0.4, -0.2) is 24.4 Å². The van der Waals surface area contributed by atoms with Gasteiger partial charge in [0.2, 0.25) is 5.91 Å². The van der Waals surface area contributed by atoms with Gasteiger partial charge in [-0.05, 0) is 43.0 Å². The zero-order valence-corrected chi connectivity index (χ0v) is 15.6. The molecule has 0 saturated heterocycles. The Bertz CT molecular complexity index is 623. The summed E-state index contributed by atoms with van der Waals surface area (Å²) < 4.78 is 5.50. The number of carbonyl (C=O) groups excluding carboxylic acids is 1. The Morgan fingerprint density at radius 1 is 1.04 bits per heavy atom. The number of nitrogens with one attached hydrogen (secondary N) is 1. The quantitative estimate of drug-likeness (QED) is 0.518. The van der Waals surface area contributed by atoms with Crippen molar-refractivity contribution in [2.45, 2.75) is 26.2 Å². The highest BCUT2D eigenvalue weighted by molar-refractivity contribution is 9.09. The number of amides is 1. The Morgan fingerprint density at radius 3 is 2.38 bits per heavy atom. The highest BCUT2D eigenvalue weighted by Crippen LogP contribution is 2.12. The Kier molecular flexibility index (Phi) is 7.83. The molecule has 0 heterocycles. The Hall–Kier alpha value is -1.81. The first kappa shape index (κ1) is 18.5. The molecule has 24 heavy (non-hydrogen) atoms. The molecule has 2 aromatic rings. The van der Waals surface area contributed by atoms with Gasteiger partial charge >= 0.3 is 0 Å². The molecule has 1 amide bonds. The molecule has 0 aliphatic rings. The fraction of sp³-hybridized carbons (Fsp3) is 0.350. The van der Waals surface area contributed by atoms with E-state index in [9.17, 15) is 4.79 Å². The molecule has 4 heteroatoms. The van der Waals surface area contributed by atoms with Gasteiger partial charge in [0.1, 0.15) is 5.75 Å². The molecule has 0 atom stereocenters. The van der Waals surface area contributed by atoms with E-state index in [2.05, 4.69) is 52.4 Å². The van der Waals surface area contributed by atoms with E-state index in [-0.39, 0.29) is 5.91 Å². The second-order valence-electron chi connectivity index (χ2n) is 5.80. The first-order chi connectivity index (χ1) is 11.7. The first-order valence-electron chi connectivity index (χ1n) is 8.27. The van der Waals surface area contributed by atoms with E-state index in [0.29, 0.717) is 19.6 Å². The van der Waals surface area contributed by atoms with E-state index < -0.39 is 0 Å². The van der Waals surface area contributed by atoms with Crippen molar-refractivity contribution < 1.29 is 9.53 Å². The third-order valence-corrected chi connectivity index (χ3v) is 4.04. The van der Waals surface area contributed by atoms with Crippen LogP contribution >= 0.6 is 15.9 Å². The molecule has 2 aromatic carbocycles. The highest BCUT2D eigenvalue weighted by atomic mass is 79.9. The fourth-order valence-electron chi connectivity index (χ4n) is 2.38. The largest absolute Gasteiger partial charge is 0.493 e. The maximum Gasteiger partial charge on any atom is 0.224 e. The summed E-state index contributed by atoms with van der Waals surface area (Å²) in [6.45, 7) is 3.43. The van der Waals surface area contributed by atoms with Crippen LogP contribution in [0.4, 0.5) is 0 Å². The molecular formula is C20H24BrNO2. The zero-order valence-electron chi connectivity index (χ0n) is 14.1. The van der Waals surface area contributed by atoms with Gasteiger partial charge in [-0.2, -0.15) is 0 Å². The van der Waals surface area contributed by atoms with Crippen LogP contribution in [0.2, 0.25) is 0 Å². The molecule has 0 spiro atoms. The second kappa shape index (κ2) is 10.1. The summed E-state index contributed by atoms with van der Waals surface area (Å²) in [5.74, 6) is 0.893. The molecule has 3 nitrogen and oxygen atoms in total. The standard InChI is InChI=1S/C20H24BrNO2/c1-16-4-6-17(7-5-16)3-2-13-22-20(23)15-18-8-10-19(11-9-18)24-14-12-21/h4-11H,2-3,12-15H2,1H3,(H,22,23). The molecule has 0 unspecified atom stereocenters. The van der Waals surface area contributed by atoms with Gasteiger partial charge in [-0.3, -0.25) is 4.79 Å². The van der Waals surface area contributed by atoms with Gasteiger partial charge < -0.3 is 10.1 Å². The van der Waals surface area contributed by atoms with Gasteiger partial charge in [0.25, 0.3) is 0 Å². The van der Waals surface area contributed by atoms with E-state index in [1.54, 1.807) is 0 Å². The van der Waals surface area contributed by atoms with Crippen molar-refractivity contribution in [1.82, 2.24) is 5.32 Å². The molecule has 0 aromatic heterocycles. The highest BCUT2D eigenvalue weighted by Gasteiger charge is 2.03. The predicted octanol–water partition coefficient (Wildman–Crippen LogP) is 4.06. The summed E-state index contributed by atoms with van der Waals surface area (Å²) in [5, 5.41) is 3.79. The fourth-order valence-corrected chi connectivity index (χ4v) is 2.54. The molecular weight excluding hydrogens is 366 g/mol. The summed E-state index contributed by atoms with van der Waals surface area (Å²) in [5.41, 5.74) is 3.59. The van der Waals surface area contributed by atoms with Gasteiger partial charge in [-0.15, -0.1) is 0 Å². The topological polar surface area (TPSA) is 38.3 Å². The van der Waals surface area contributed by atoms with E-state index in [1.165, 1.54) is 11.1 Å². The molecule has 0 aliphatic carbocycles. The lowest BCUT2D eigenvalue weighted by atomic mass is 10.1. The van der Waals surface area contributed by atoms with E-state index in [1.807, 2.05) is 24.3 Å². The Balaban J connectivity index is 1.66. The van der Waals surface area contributed by atoms with Crippen LogP contribution in [0.5, 0.6) is 5.75 Å². The van der Waals surface area contributed by atoms with E-state index >= 15 is 0 Å². The molecule has 0 bridgehead atoms. The van der Waals surface area contributed by atoms with Gasteiger partial charge in [-0.25, -0.2) is 0 Å². The molecule has 1 N–H and O–H groups in total. The van der Waals surface area contributed by atoms with Gasteiger partial charge in [0, 0.05) is 11.9 Å². The monoisotopic (exact) mass is 389 g/mol. The SMILES string of the molecule is Cc1ccc(CCCNC(=O)Cc2ccc(OCCBr)cc2)cc1. The molecule has 0 aliphatic heterocycles. The minimum atomic E-state index is 0.0630. The lowest BCUT2D eigenvalue weighted by Gasteiger charge is -2.07. The van der Waals surface area contributed by atoms with E-state index in [0.717, 1.165) is 29.5 Å². The second-order valence-corrected chi connectivity index (χ2v) is 6.59. The number of aryl methyl sites for hydroxylation is 2. The summed E-state index contributed by atoms with van der Waals surface area (Å²) in [6.07, 6.45) is 2.34. The Morgan fingerprint density at radius 2 is 1.71 bits per heavy atom. The van der Waals surface area contributed by atoms with Gasteiger partial charge in [-0.1, -0.05) is 57.9 Å². The molecule has 0 saturated carbocycles. The van der Waals surface area contributed by atoms with Crippen molar-refractivity contribution in [3.8, 4) is 5.75 Å². The van der Waals surface area contributed by atoms with Crippen LogP contribution in [0.3, 0.4) is 0 Å². The number of rotatable bonds is 9. The van der Waals surface area contributed by atoms with Crippen LogP contribution in [0.15, 0.2) is 48.5 Å². The maximum absolute atomic E-state index is 12.0. The molecule has 128 valence electrons. The van der Waals surface area contributed by atoms with Crippen LogP contribution < -0.4 is 10.1 Å². The summed E-state index contributed by atoms with van der Waals surface area (Å²) in [6, 6.07) is 16.2. The summed E-state index contributed by atoms with van der Waals surface area (Å²) in [4.78, 5) is 12.0. The van der Waals surface area contributed by atoms with Crippen LogP contribution in [0.1, 0.15) is 23.1 Å². The van der Waals surface area contributed by atoms with Crippen molar-refractivity contribution in [2.75, 3.05) is 18.5 Å². The summed E-state index contributed by atoms with van der Waals surface area (Å²) >= 11 is 3.32. The first-order valence-corrected chi connectivity index (χ1v) is 9.39. The lowest BCUT2D eigenvalue weighted by molar-refractivity contribution is -0.120. The Labute approximate surface area is 152 Å². The third kappa shape index (κ3) is 6.75. The predicted molar refractivity (Wildman–Crippen MR) is 102 cm³/mol. The van der Waals surface area contributed by atoms with Crippen molar-refractivity contribution >= 4 is 21.8 Å². The molecule has 0 radical (unpaired) electrons. The lowest BCUT2D eigenvalue weighted by Crippen LogP contribution is -2.26. The van der Waals surface area contributed by atoms with Crippen molar-refractivity contribution in [1.29, 1.82) is 0 Å². The van der Waals surface area contributed by atoms with E-state index in [4.69, 9.17) is 4.74 Å². The minimum absolute atomic E-state index is 0.0630. The number of halogens is 1. The van der Waals surface area contributed by atoms with Gasteiger partial charge in [0.15, 0.2) is 0 Å². The smallest absolute Gasteiger partial charge is 0.224 e. The zero-order chi connectivity index (χ0) is 17.2. The average molecular weight is 390 g/mol. The van der Waals surface area contributed by atoms with Crippen LogP contribution in [-0.2, 0) is 17.6 Å². The number of hydrogen-bond acceptors (Lipinski definition) is 2. The van der Waals surface area contributed by atoms with Crippen molar-refractivity contribution in [3.63, 3.8) is 0 Å². The minimum Gasteiger partial charge on any atom is -0.493 e. The van der Waals surface area contributed by atoms with Crippen molar-refractivity contribution in [3.05, 3.63) is 65.2 Å². The third-order valence-electron chi connectivity index (χ3n) is 3.72. The number of carbonyl (C=O) groups is 1.